The number of hydrogen-bond donors (Lipinski definition) is 1. The van der Waals surface area contributed by atoms with Crippen LogP contribution in [-0.4, -0.2) is 30.7 Å². The van der Waals surface area contributed by atoms with Gasteiger partial charge in [-0.2, -0.15) is 0 Å². The van der Waals surface area contributed by atoms with Gasteiger partial charge in [0.05, 0.1) is 0 Å². The molecule has 1 aliphatic heterocycles. The van der Waals surface area contributed by atoms with E-state index in [1.165, 1.54) is 71.1 Å². The lowest BCUT2D eigenvalue weighted by molar-refractivity contribution is 0.0512. The van der Waals surface area contributed by atoms with Gasteiger partial charge in [0.1, 0.15) is 0 Å². The fourth-order valence-corrected chi connectivity index (χ4v) is 6.80. The van der Waals surface area contributed by atoms with Crippen LogP contribution >= 0.6 is 0 Å². The standard InChI is InChI=1S/C22H40N2/c1-3-7-18(8-4-1)19-11-13-21(14-12-19)22(24-16-15-23-17-24)20-9-5-2-6-10-20/h18-23H,1-17H2. The van der Waals surface area contributed by atoms with Crippen LogP contribution in [0.4, 0.5) is 0 Å². The first-order chi connectivity index (χ1) is 11.9. The Morgan fingerprint density at radius 2 is 1.21 bits per heavy atom. The molecule has 4 aliphatic rings. The average molecular weight is 333 g/mol. The summed E-state index contributed by atoms with van der Waals surface area (Å²) in [7, 11) is 0. The minimum atomic E-state index is 0.910. The molecule has 3 saturated carbocycles. The minimum Gasteiger partial charge on any atom is -0.303 e. The fourth-order valence-electron chi connectivity index (χ4n) is 6.80. The van der Waals surface area contributed by atoms with Crippen molar-refractivity contribution in [1.29, 1.82) is 0 Å². The Labute approximate surface area is 150 Å². The molecule has 4 fully saturated rings. The van der Waals surface area contributed by atoms with E-state index in [1.807, 2.05) is 0 Å². The Hall–Kier alpha value is -0.0800. The molecule has 1 atom stereocenters. The zero-order valence-corrected chi connectivity index (χ0v) is 15.9. The van der Waals surface area contributed by atoms with E-state index in [9.17, 15) is 0 Å². The molecule has 4 rings (SSSR count). The number of rotatable bonds is 4. The highest BCUT2D eigenvalue weighted by Gasteiger charge is 2.38. The van der Waals surface area contributed by atoms with Gasteiger partial charge in [-0.05, 0) is 62.2 Å². The van der Waals surface area contributed by atoms with E-state index in [-0.39, 0.29) is 0 Å². The predicted molar refractivity (Wildman–Crippen MR) is 102 cm³/mol. The van der Waals surface area contributed by atoms with Crippen molar-refractivity contribution in [3.63, 3.8) is 0 Å². The highest BCUT2D eigenvalue weighted by Crippen LogP contribution is 2.44. The van der Waals surface area contributed by atoms with Gasteiger partial charge in [-0.3, -0.25) is 4.90 Å². The van der Waals surface area contributed by atoms with Crippen molar-refractivity contribution < 1.29 is 0 Å². The van der Waals surface area contributed by atoms with Crippen LogP contribution in [0, 0.1) is 23.7 Å². The van der Waals surface area contributed by atoms with Crippen LogP contribution < -0.4 is 5.32 Å². The molecular weight excluding hydrogens is 292 g/mol. The van der Waals surface area contributed by atoms with Gasteiger partial charge in [-0.1, -0.05) is 51.4 Å². The summed E-state index contributed by atoms with van der Waals surface area (Å²) in [6, 6.07) is 0.910. The van der Waals surface area contributed by atoms with Crippen molar-refractivity contribution in [3.8, 4) is 0 Å². The van der Waals surface area contributed by atoms with E-state index in [2.05, 4.69) is 10.2 Å². The van der Waals surface area contributed by atoms with E-state index in [0.29, 0.717) is 0 Å². The molecular formula is C22H40N2. The van der Waals surface area contributed by atoms with Crippen LogP contribution in [0.2, 0.25) is 0 Å². The summed E-state index contributed by atoms with van der Waals surface area (Å²) in [4.78, 5) is 2.85. The molecule has 1 saturated heterocycles. The van der Waals surface area contributed by atoms with Crippen molar-refractivity contribution in [2.75, 3.05) is 19.8 Å². The van der Waals surface area contributed by atoms with Gasteiger partial charge in [0, 0.05) is 25.8 Å². The molecule has 0 spiro atoms. The first-order valence-corrected chi connectivity index (χ1v) is 11.4. The molecule has 0 bridgehead atoms. The summed E-state index contributed by atoms with van der Waals surface area (Å²) in [5.41, 5.74) is 0. The zero-order chi connectivity index (χ0) is 16.2. The summed E-state index contributed by atoms with van der Waals surface area (Å²) in [6.45, 7) is 3.70. The molecule has 0 aromatic rings. The molecule has 1 unspecified atom stereocenters. The van der Waals surface area contributed by atoms with Crippen molar-refractivity contribution >= 4 is 0 Å². The molecule has 2 nitrogen and oxygen atoms in total. The Kier molecular flexibility index (Phi) is 6.17. The summed E-state index contributed by atoms with van der Waals surface area (Å²) in [5, 5.41) is 3.62. The highest BCUT2D eigenvalue weighted by atomic mass is 15.3. The van der Waals surface area contributed by atoms with E-state index in [1.54, 1.807) is 38.5 Å². The topological polar surface area (TPSA) is 15.3 Å². The first kappa shape index (κ1) is 17.3. The SMILES string of the molecule is C1CCC(C2CCC(C(C3CCCCC3)N3CCNC3)CC2)CC1. The largest absolute Gasteiger partial charge is 0.303 e. The summed E-state index contributed by atoms with van der Waals surface area (Å²) in [6.07, 6.45) is 21.4. The monoisotopic (exact) mass is 332 g/mol. The second kappa shape index (κ2) is 8.54. The van der Waals surface area contributed by atoms with Gasteiger partial charge in [-0.15, -0.1) is 0 Å². The minimum absolute atomic E-state index is 0.910. The molecule has 0 radical (unpaired) electrons. The molecule has 3 aliphatic carbocycles. The Bertz CT molecular complexity index is 356. The van der Waals surface area contributed by atoms with E-state index in [4.69, 9.17) is 0 Å². The molecule has 24 heavy (non-hydrogen) atoms. The number of nitrogens with one attached hydrogen (secondary N) is 1. The summed E-state index contributed by atoms with van der Waals surface area (Å²) < 4.78 is 0. The third kappa shape index (κ3) is 4.01. The van der Waals surface area contributed by atoms with E-state index >= 15 is 0 Å². The molecule has 0 amide bonds. The molecule has 2 heteroatoms. The van der Waals surface area contributed by atoms with Gasteiger partial charge in [0.25, 0.3) is 0 Å². The zero-order valence-electron chi connectivity index (χ0n) is 15.9. The van der Waals surface area contributed by atoms with Gasteiger partial charge in [-0.25, -0.2) is 0 Å². The van der Waals surface area contributed by atoms with Crippen LogP contribution in [0.3, 0.4) is 0 Å². The number of nitrogens with zero attached hydrogens (tertiary/aromatic N) is 1. The van der Waals surface area contributed by atoms with Gasteiger partial charge in [0.2, 0.25) is 0 Å². The molecule has 0 aromatic carbocycles. The Morgan fingerprint density at radius 1 is 0.625 bits per heavy atom. The lowest BCUT2D eigenvalue weighted by atomic mass is 9.67. The van der Waals surface area contributed by atoms with E-state index < -0.39 is 0 Å². The van der Waals surface area contributed by atoms with Crippen LogP contribution in [0.5, 0.6) is 0 Å². The van der Waals surface area contributed by atoms with Gasteiger partial charge >= 0.3 is 0 Å². The maximum atomic E-state index is 3.62. The maximum Gasteiger partial charge on any atom is 0.0484 e. The van der Waals surface area contributed by atoms with E-state index in [0.717, 1.165) is 29.7 Å². The Balaban J connectivity index is 1.36. The maximum absolute atomic E-state index is 3.62. The highest BCUT2D eigenvalue weighted by molar-refractivity contribution is 4.92. The van der Waals surface area contributed by atoms with Crippen molar-refractivity contribution in [3.05, 3.63) is 0 Å². The van der Waals surface area contributed by atoms with Crippen molar-refractivity contribution in [2.45, 2.75) is 95.9 Å². The smallest absolute Gasteiger partial charge is 0.0484 e. The second-order valence-electron chi connectivity index (χ2n) is 9.43. The molecule has 1 N–H and O–H groups in total. The second-order valence-corrected chi connectivity index (χ2v) is 9.43. The third-order valence-electron chi connectivity index (χ3n) is 8.06. The average Bonchev–Trinajstić information content (AvgIpc) is 3.18. The third-order valence-corrected chi connectivity index (χ3v) is 8.06. The van der Waals surface area contributed by atoms with Crippen LogP contribution in [0.15, 0.2) is 0 Å². The van der Waals surface area contributed by atoms with Crippen LogP contribution in [0.25, 0.3) is 0 Å². The quantitative estimate of drug-likeness (QED) is 0.762. The van der Waals surface area contributed by atoms with Crippen molar-refractivity contribution in [1.82, 2.24) is 10.2 Å². The fraction of sp³-hybridized carbons (Fsp3) is 1.00. The summed E-state index contributed by atoms with van der Waals surface area (Å²) in [5.74, 6) is 4.20. The van der Waals surface area contributed by atoms with Crippen LogP contribution in [-0.2, 0) is 0 Å². The normalized spacial score (nSPS) is 36.0. The first-order valence-electron chi connectivity index (χ1n) is 11.4. The predicted octanol–water partition coefficient (Wildman–Crippen LogP) is 5.18. The van der Waals surface area contributed by atoms with Crippen molar-refractivity contribution in [2.24, 2.45) is 23.7 Å². The number of hydrogen-bond acceptors (Lipinski definition) is 2. The molecule has 138 valence electrons. The summed E-state index contributed by atoms with van der Waals surface area (Å²) >= 11 is 0. The van der Waals surface area contributed by atoms with Crippen LogP contribution in [0.1, 0.15) is 89.9 Å². The molecule has 0 aromatic heterocycles. The Morgan fingerprint density at radius 3 is 1.83 bits per heavy atom. The van der Waals surface area contributed by atoms with Gasteiger partial charge in [0.15, 0.2) is 0 Å². The molecule has 1 heterocycles. The lowest BCUT2D eigenvalue weighted by Crippen LogP contribution is -2.47. The van der Waals surface area contributed by atoms with Gasteiger partial charge < -0.3 is 5.32 Å². The lowest BCUT2D eigenvalue weighted by Gasteiger charge is -2.45.